The predicted octanol–water partition coefficient (Wildman–Crippen LogP) is 4.83. The highest BCUT2D eigenvalue weighted by Gasteiger charge is 2.52. The Bertz CT molecular complexity index is 1270. The molecule has 3 aliphatic heterocycles. The first-order valence-corrected chi connectivity index (χ1v) is 19.6. The van der Waals surface area contributed by atoms with Crippen LogP contribution in [0.3, 0.4) is 0 Å². The van der Waals surface area contributed by atoms with Crippen molar-refractivity contribution in [2.24, 2.45) is 35.5 Å². The number of nitrogens with zero attached hydrogens (tertiary/aromatic N) is 1. The number of aliphatic hydroxyl groups excluding tert-OH is 1. The number of hydrogen-bond donors (Lipinski definition) is 1. The lowest BCUT2D eigenvalue weighted by Crippen LogP contribution is -2.59. The molecule has 0 radical (unpaired) electrons. The van der Waals surface area contributed by atoms with Gasteiger partial charge in [-0.15, -0.1) is 0 Å². The second kappa shape index (κ2) is 16.8. The first kappa shape index (κ1) is 39.0. The molecule has 17 atom stereocenters. The molecule has 51 heavy (non-hydrogen) atoms. The summed E-state index contributed by atoms with van der Waals surface area (Å²) in [6, 6.07) is 0.334. The molecule has 3 aliphatic carbocycles. The van der Waals surface area contributed by atoms with Gasteiger partial charge in [0, 0.05) is 32.1 Å². The highest BCUT2D eigenvalue weighted by molar-refractivity contribution is 5.99. The summed E-state index contributed by atoms with van der Waals surface area (Å²) in [4.78, 5) is 30.3. The lowest BCUT2D eigenvalue weighted by molar-refractivity contribution is -0.311. The van der Waals surface area contributed by atoms with Gasteiger partial charge in [-0.05, 0) is 109 Å². The summed E-state index contributed by atoms with van der Waals surface area (Å²) in [5.74, 6) is -0.141. The number of allylic oxidation sites excluding steroid dienone is 4. The Morgan fingerprint density at radius 3 is 2.35 bits per heavy atom. The van der Waals surface area contributed by atoms with E-state index in [-0.39, 0.29) is 90.5 Å². The van der Waals surface area contributed by atoms with Gasteiger partial charge < -0.3 is 43.2 Å². The van der Waals surface area contributed by atoms with Gasteiger partial charge in [0.1, 0.15) is 24.4 Å². The highest BCUT2D eigenvalue weighted by atomic mass is 16.7. The summed E-state index contributed by atoms with van der Waals surface area (Å²) in [6.45, 7) is 8.04. The molecule has 288 valence electrons. The van der Waals surface area contributed by atoms with Gasteiger partial charge in [-0.1, -0.05) is 32.1 Å². The van der Waals surface area contributed by atoms with E-state index in [0.29, 0.717) is 12.5 Å². The Labute approximate surface area is 304 Å². The zero-order chi connectivity index (χ0) is 36.6. The summed E-state index contributed by atoms with van der Waals surface area (Å²) < 4.78 is 43.0. The van der Waals surface area contributed by atoms with Gasteiger partial charge in [0.2, 0.25) is 0 Å². The van der Waals surface area contributed by atoms with Crippen molar-refractivity contribution in [2.45, 2.75) is 153 Å². The third kappa shape index (κ3) is 8.21. The average molecular weight is 718 g/mol. The second-order valence-electron chi connectivity index (χ2n) is 16.3. The van der Waals surface area contributed by atoms with E-state index < -0.39 is 24.6 Å². The van der Waals surface area contributed by atoms with Crippen molar-refractivity contribution < 1.29 is 47.9 Å². The molecule has 0 aromatic heterocycles. The maximum atomic E-state index is 14.6. The van der Waals surface area contributed by atoms with E-state index in [1.165, 1.54) is 0 Å². The second-order valence-corrected chi connectivity index (χ2v) is 16.3. The lowest BCUT2D eigenvalue weighted by atomic mass is 9.70. The number of carbonyl (C=O) groups is 2. The van der Waals surface area contributed by atoms with E-state index in [0.717, 1.165) is 50.5 Å². The van der Waals surface area contributed by atoms with Crippen LogP contribution < -0.4 is 0 Å². The van der Waals surface area contributed by atoms with Gasteiger partial charge in [0.05, 0.1) is 30.8 Å². The molecular formula is C40H63NO10. The predicted molar refractivity (Wildman–Crippen MR) is 189 cm³/mol. The monoisotopic (exact) mass is 717 g/mol. The molecule has 6 aliphatic rings. The van der Waals surface area contributed by atoms with Crippen LogP contribution in [0.1, 0.15) is 85.5 Å². The number of hydrogen-bond acceptors (Lipinski definition) is 11. The van der Waals surface area contributed by atoms with Crippen LogP contribution in [0.5, 0.6) is 0 Å². The number of methoxy groups -OCH3 is 2. The molecule has 11 heteroatoms. The summed E-state index contributed by atoms with van der Waals surface area (Å²) in [7, 11) is 7.28. The fourth-order valence-corrected chi connectivity index (χ4v) is 10.2. The van der Waals surface area contributed by atoms with Crippen molar-refractivity contribution in [3.63, 3.8) is 0 Å². The molecule has 1 saturated carbocycles. The molecule has 3 heterocycles. The molecular weight excluding hydrogens is 654 g/mol. The van der Waals surface area contributed by atoms with Gasteiger partial charge in [-0.25, -0.2) is 0 Å². The van der Waals surface area contributed by atoms with Crippen LogP contribution in [0.25, 0.3) is 0 Å². The zero-order valence-electron chi connectivity index (χ0n) is 32.0. The van der Waals surface area contributed by atoms with Crippen LogP contribution in [0.4, 0.5) is 0 Å². The third-order valence-electron chi connectivity index (χ3n) is 13.0. The standard InChI is InChI=1S/C40H63NO10/c1-9-25-11-10-12-33(51-35-16-15-32(41(5)6)22(3)47-35)21(2)36(43)31-19-29-27(30(31)20-34(42)49-25)14-13-24-17-26(18-28(24)29)50-40-39(46-8)37(44)38(45-7)23(4)48-40/h13-14,19,21-30,32-33,35,37-40,44H,9-12,15-18,20H2,1-8H3/t21-,22?,23?,24-,25+,26-,27-,28-,29-,30+,32+,33+,35+,37-,38+,39?,40+/m1/s1. The molecule has 0 aromatic rings. The number of ketones is 1. The van der Waals surface area contributed by atoms with Crippen LogP contribution in [-0.2, 0) is 42.7 Å². The van der Waals surface area contributed by atoms with Crippen molar-refractivity contribution in [3.05, 3.63) is 23.8 Å². The van der Waals surface area contributed by atoms with E-state index in [4.69, 9.17) is 33.2 Å². The van der Waals surface area contributed by atoms with E-state index >= 15 is 0 Å². The maximum absolute atomic E-state index is 14.6. The first-order chi connectivity index (χ1) is 24.4. The number of rotatable bonds is 8. The Balaban J connectivity index is 1.20. The molecule has 4 fully saturated rings. The molecule has 0 amide bonds. The number of esters is 1. The lowest BCUT2D eigenvalue weighted by Gasteiger charge is -2.42. The molecule has 3 unspecified atom stereocenters. The van der Waals surface area contributed by atoms with Crippen LogP contribution in [0.2, 0.25) is 0 Å². The summed E-state index contributed by atoms with van der Waals surface area (Å²) in [6.07, 6.45) is 9.22. The summed E-state index contributed by atoms with van der Waals surface area (Å²) in [5, 5.41) is 10.9. The number of fused-ring (bicyclic) bond motifs is 5. The van der Waals surface area contributed by atoms with E-state index in [1.807, 2.05) is 13.8 Å². The minimum atomic E-state index is -0.880. The van der Waals surface area contributed by atoms with Gasteiger partial charge in [-0.3, -0.25) is 9.59 Å². The minimum Gasteiger partial charge on any atom is -0.462 e. The zero-order valence-corrected chi connectivity index (χ0v) is 32.0. The van der Waals surface area contributed by atoms with E-state index in [2.05, 4.69) is 51.1 Å². The number of cyclic esters (lactones) is 1. The van der Waals surface area contributed by atoms with Gasteiger partial charge in [0.25, 0.3) is 0 Å². The normalized spacial score (nSPS) is 46.4. The first-order valence-electron chi connectivity index (χ1n) is 19.6. The molecule has 0 spiro atoms. The fourth-order valence-electron chi connectivity index (χ4n) is 10.2. The average Bonchev–Trinajstić information content (AvgIpc) is 3.67. The molecule has 3 saturated heterocycles. The highest BCUT2D eigenvalue weighted by Crippen LogP contribution is 2.54. The van der Waals surface area contributed by atoms with Crippen LogP contribution >= 0.6 is 0 Å². The van der Waals surface area contributed by atoms with Crippen molar-refractivity contribution >= 4 is 11.8 Å². The van der Waals surface area contributed by atoms with Crippen LogP contribution in [-0.4, -0.2) is 118 Å². The molecule has 11 nitrogen and oxygen atoms in total. The largest absolute Gasteiger partial charge is 0.462 e. The number of ether oxygens (including phenoxy) is 7. The molecule has 6 rings (SSSR count). The van der Waals surface area contributed by atoms with Crippen LogP contribution in [0, 0.1) is 35.5 Å². The number of aliphatic hydroxyl groups is 1. The summed E-state index contributed by atoms with van der Waals surface area (Å²) >= 11 is 0. The van der Waals surface area contributed by atoms with Crippen LogP contribution in [0.15, 0.2) is 23.8 Å². The Hall–Kier alpha value is -1.70. The Morgan fingerprint density at radius 2 is 1.67 bits per heavy atom. The maximum Gasteiger partial charge on any atom is 0.306 e. The quantitative estimate of drug-likeness (QED) is 0.275. The smallest absolute Gasteiger partial charge is 0.306 e. The SMILES string of the molecule is CC[C@H]1CCC[C@H](O[C@H]2CC[C@H](N(C)C)C(C)O2)[C@@H](C)C(=O)C2=C[C@@H]3[C@@H](C=C[C@@H]4C[C@@H](O[C@@H]5OC(C)[C@H](OC)[C@@H](O)C5OC)C[C@@H]34)[C@@H]2CC(=O)O1. The number of likely N-dealkylation sites (N-methyl/N-ethyl adjacent to an activating group) is 1. The van der Waals surface area contributed by atoms with E-state index in [9.17, 15) is 14.7 Å². The van der Waals surface area contributed by atoms with E-state index in [1.54, 1.807) is 14.2 Å². The third-order valence-corrected chi connectivity index (χ3v) is 13.0. The topological polar surface area (TPSA) is 122 Å². The number of Topliss-reactive ketones (excluding diaryl/α,β-unsaturated/α-hetero) is 1. The number of carbonyl (C=O) groups excluding carboxylic acids is 2. The molecule has 1 N–H and O–H groups in total. The van der Waals surface area contributed by atoms with Crippen molar-refractivity contribution in [2.75, 3.05) is 28.3 Å². The fraction of sp³-hybridized carbons (Fsp3) is 0.850. The molecule has 0 bridgehead atoms. The van der Waals surface area contributed by atoms with Crippen molar-refractivity contribution in [1.82, 2.24) is 4.90 Å². The Morgan fingerprint density at radius 1 is 0.902 bits per heavy atom. The Kier molecular flexibility index (Phi) is 12.8. The van der Waals surface area contributed by atoms with Crippen molar-refractivity contribution in [1.29, 1.82) is 0 Å². The molecule has 0 aromatic carbocycles. The van der Waals surface area contributed by atoms with Gasteiger partial charge in [-0.2, -0.15) is 0 Å². The van der Waals surface area contributed by atoms with Gasteiger partial charge >= 0.3 is 5.97 Å². The summed E-state index contributed by atoms with van der Waals surface area (Å²) in [5.41, 5.74) is 0.745. The van der Waals surface area contributed by atoms with Crippen molar-refractivity contribution in [3.8, 4) is 0 Å². The van der Waals surface area contributed by atoms with Gasteiger partial charge in [0.15, 0.2) is 18.4 Å². The minimum absolute atomic E-state index is 0.0264.